The van der Waals surface area contributed by atoms with Gasteiger partial charge in [0.2, 0.25) is 0 Å². The van der Waals surface area contributed by atoms with Gasteiger partial charge >= 0.3 is 0 Å². The minimum atomic E-state index is 0.399. The van der Waals surface area contributed by atoms with Gasteiger partial charge in [0.15, 0.2) is 0 Å². The molecule has 1 unspecified atom stereocenters. The van der Waals surface area contributed by atoms with Crippen molar-refractivity contribution in [3.8, 4) is 5.75 Å². The zero-order valence-corrected chi connectivity index (χ0v) is 12.8. The first kappa shape index (κ1) is 13.9. The highest BCUT2D eigenvalue weighted by Gasteiger charge is 2.22. The van der Waals surface area contributed by atoms with E-state index in [2.05, 4.69) is 33.4 Å². The third-order valence-corrected chi connectivity index (χ3v) is 4.46. The molecule has 0 aliphatic heterocycles. The Bertz CT molecular complexity index is 388. The van der Waals surface area contributed by atoms with Gasteiger partial charge in [-0.05, 0) is 31.5 Å². The minimum absolute atomic E-state index is 0.399. The number of benzene rings is 1. The zero-order chi connectivity index (χ0) is 13.0. The van der Waals surface area contributed by atoms with Crippen LogP contribution in [0, 0.1) is 5.92 Å². The van der Waals surface area contributed by atoms with Crippen LogP contribution in [0.1, 0.15) is 43.7 Å². The number of nitrogens with one attached hydrogen (secondary N) is 1. The van der Waals surface area contributed by atoms with Crippen molar-refractivity contribution in [3.63, 3.8) is 0 Å². The van der Waals surface area contributed by atoms with Gasteiger partial charge in [0.1, 0.15) is 5.75 Å². The summed E-state index contributed by atoms with van der Waals surface area (Å²) < 4.78 is 6.57. The normalized spacial score (nSPS) is 17.9. The number of rotatable bonds is 5. The fourth-order valence-corrected chi connectivity index (χ4v) is 3.29. The molecule has 0 saturated heterocycles. The van der Waals surface area contributed by atoms with Crippen molar-refractivity contribution in [3.05, 3.63) is 28.2 Å². The number of hydrogen-bond acceptors (Lipinski definition) is 2. The van der Waals surface area contributed by atoms with E-state index in [4.69, 9.17) is 4.74 Å². The molecule has 1 atom stereocenters. The van der Waals surface area contributed by atoms with Crippen LogP contribution in [-0.4, -0.2) is 14.2 Å². The van der Waals surface area contributed by atoms with Crippen LogP contribution in [0.15, 0.2) is 22.7 Å². The van der Waals surface area contributed by atoms with Gasteiger partial charge in [-0.1, -0.05) is 47.7 Å². The zero-order valence-electron chi connectivity index (χ0n) is 11.2. The van der Waals surface area contributed by atoms with Gasteiger partial charge in [-0.3, -0.25) is 0 Å². The molecule has 0 spiro atoms. The Kier molecular flexibility index (Phi) is 5.07. The average Bonchev–Trinajstić information content (AvgIpc) is 2.89. The first-order valence-electron chi connectivity index (χ1n) is 6.75. The topological polar surface area (TPSA) is 21.3 Å². The summed E-state index contributed by atoms with van der Waals surface area (Å²) in [6.45, 7) is 0. The van der Waals surface area contributed by atoms with Gasteiger partial charge in [0.05, 0.1) is 7.11 Å². The van der Waals surface area contributed by atoms with E-state index >= 15 is 0 Å². The molecule has 1 saturated carbocycles. The van der Waals surface area contributed by atoms with Crippen LogP contribution in [0.2, 0.25) is 0 Å². The van der Waals surface area contributed by atoms with Crippen molar-refractivity contribution in [1.29, 1.82) is 0 Å². The van der Waals surface area contributed by atoms with E-state index in [0.717, 1.165) is 16.1 Å². The lowest BCUT2D eigenvalue weighted by atomic mass is 9.93. The fourth-order valence-electron chi connectivity index (χ4n) is 2.95. The van der Waals surface area contributed by atoms with E-state index in [9.17, 15) is 0 Å². The van der Waals surface area contributed by atoms with Gasteiger partial charge in [-0.2, -0.15) is 0 Å². The second-order valence-electron chi connectivity index (χ2n) is 5.11. The Morgan fingerprint density at radius 3 is 2.72 bits per heavy atom. The summed E-state index contributed by atoms with van der Waals surface area (Å²) in [7, 11) is 3.79. The first-order valence-corrected chi connectivity index (χ1v) is 7.54. The lowest BCUT2D eigenvalue weighted by molar-refractivity contribution is 0.377. The molecule has 0 aromatic heterocycles. The Balaban J connectivity index is 2.15. The number of ether oxygens (including phenoxy) is 1. The molecule has 18 heavy (non-hydrogen) atoms. The number of methoxy groups -OCH3 is 1. The first-order chi connectivity index (χ1) is 8.74. The highest BCUT2D eigenvalue weighted by Crippen LogP contribution is 2.36. The molecule has 1 fully saturated rings. The summed E-state index contributed by atoms with van der Waals surface area (Å²) in [4.78, 5) is 0. The van der Waals surface area contributed by atoms with Crippen molar-refractivity contribution in [2.75, 3.05) is 14.2 Å². The third-order valence-electron chi connectivity index (χ3n) is 3.96. The second-order valence-corrected chi connectivity index (χ2v) is 6.03. The minimum Gasteiger partial charge on any atom is -0.496 e. The van der Waals surface area contributed by atoms with E-state index < -0.39 is 0 Å². The molecule has 2 rings (SSSR count). The standard InChI is InChI=1S/C15H22BrNO/c1-17-14(9-11-5-3-4-6-11)13-8-7-12(16)10-15(13)18-2/h7-8,10-11,14,17H,3-6,9H2,1-2H3. The Labute approximate surface area is 118 Å². The Hall–Kier alpha value is -0.540. The van der Waals surface area contributed by atoms with Crippen molar-refractivity contribution in [2.24, 2.45) is 5.92 Å². The highest BCUT2D eigenvalue weighted by molar-refractivity contribution is 9.10. The summed E-state index contributed by atoms with van der Waals surface area (Å²) in [5, 5.41) is 3.44. The average molecular weight is 312 g/mol. The Morgan fingerprint density at radius 2 is 2.11 bits per heavy atom. The van der Waals surface area contributed by atoms with Crippen molar-refractivity contribution in [1.82, 2.24) is 5.32 Å². The molecule has 1 aromatic rings. The van der Waals surface area contributed by atoms with E-state index in [1.807, 2.05) is 13.1 Å². The number of halogens is 1. The smallest absolute Gasteiger partial charge is 0.124 e. The summed E-state index contributed by atoms with van der Waals surface area (Å²) >= 11 is 3.50. The summed E-state index contributed by atoms with van der Waals surface area (Å²) in [6, 6.07) is 6.71. The summed E-state index contributed by atoms with van der Waals surface area (Å²) in [5.41, 5.74) is 1.27. The third kappa shape index (κ3) is 3.27. The van der Waals surface area contributed by atoms with Crippen LogP contribution in [-0.2, 0) is 0 Å². The predicted molar refractivity (Wildman–Crippen MR) is 79.1 cm³/mol. The molecular weight excluding hydrogens is 290 g/mol. The van der Waals surface area contributed by atoms with Gasteiger partial charge in [0, 0.05) is 16.1 Å². The molecule has 0 heterocycles. The summed E-state index contributed by atoms with van der Waals surface area (Å²) in [5.74, 6) is 1.84. The lowest BCUT2D eigenvalue weighted by Crippen LogP contribution is -2.19. The SMILES string of the molecule is CNC(CC1CCCC1)c1ccc(Br)cc1OC. The number of hydrogen-bond donors (Lipinski definition) is 1. The van der Waals surface area contributed by atoms with Gasteiger partial charge < -0.3 is 10.1 Å². The predicted octanol–water partition coefficient (Wildman–Crippen LogP) is 4.30. The molecule has 0 bridgehead atoms. The van der Waals surface area contributed by atoms with Crippen LogP contribution in [0.25, 0.3) is 0 Å². The van der Waals surface area contributed by atoms with E-state index in [1.54, 1.807) is 7.11 Å². The van der Waals surface area contributed by atoms with Crippen LogP contribution >= 0.6 is 15.9 Å². The maximum atomic E-state index is 5.50. The molecule has 1 aliphatic rings. The molecule has 1 aliphatic carbocycles. The van der Waals surface area contributed by atoms with Gasteiger partial charge in [-0.25, -0.2) is 0 Å². The van der Waals surface area contributed by atoms with E-state index in [0.29, 0.717) is 6.04 Å². The van der Waals surface area contributed by atoms with Crippen LogP contribution in [0.4, 0.5) is 0 Å². The van der Waals surface area contributed by atoms with Crippen LogP contribution in [0.3, 0.4) is 0 Å². The van der Waals surface area contributed by atoms with E-state index in [1.165, 1.54) is 37.7 Å². The molecular formula is C15H22BrNO. The van der Waals surface area contributed by atoms with Crippen LogP contribution in [0.5, 0.6) is 5.75 Å². The van der Waals surface area contributed by atoms with Crippen LogP contribution < -0.4 is 10.1 Å². The molecule has 2 nitrogen and oxygen atoms in total. The summed E-state index contributed by atoms with van der Waals surface area (Å²) in [6.07, 6.45) is 6.79. The molecule has 100 valence electrons. The van der Waals surface area contributed by atoms with E-state index in [-0.39, 0.29) is 0 Å². The van der Waals surface area contributed by atoms with Crippen molar-refractivity contribution in [2.45, 2.75) is 38.1 Å². The highest BCUT2D eigenvalue weighted by atomic mass is 79.9. The monoisotopic (exact) mass is 311 g/mol. The molecule has 3 heteroatoms. The second kappa shape index (κ2) is 6.58. The molecule has 1 N–H and O–H groups in total. The van der Waals surface area contributed by atoms with Crippen molar-refractivity contribution >= 4 is 15.9 Å². The molecule has 0 amide bonds. The van der Waals surface area contributed by atoms with Crippen molar-refractivity contribution < 1.29 is 4.74 Å². The lowest BCUT2D eigenvalue weighted by Gasteiger charge is -2.22. The van der Waals surface area contributed by atoms with Gasteiger partial charge in [-0.15, -0.1) is 0 Å². The Morgan fingerprint density at radius 1 is 1.39 bits per heavy atom. The molecule has 0 radical (unpaired) electrons. The molecule has 1 aromatic carbocycles. The maximum absolute atomic E-state index is 5.50. The maximum Gasteiger partial charge on any atom is 0.124 e. The quantitative estimate of drug-likeness (QED) is 0.875. The fraction of sp³-hybridized carbons (Fsp3) is 0.600. The van der Waals surface area contributed by atoms with Gasteiger partial charge in [0.25, 0.3) is 0 Å². The largest absolute Gasteiger partial charge is 0.496 e.